The minimum atomic E-state index is -0.116. The van der Waals surface area contributed by atoms with Crippen LogP contribution in [0.3, 0.4) is 0 Å². The molecule has 0 unspecified atom stereocenters. The van der Waals surface area contributed by atoms with Crippen molar-refractivity contribution in [1.82, 2.24) is 10.3 Å². The number of rotatable bonds is 4. The average Bonchev–Trinajstić information content (AvgIpc) is 2.76. The van der Waals surface area contributed by atoms with Crippen LogP contribution >= 0.6 is 22.9 Å². The molecule has 0 aliphatic carbocycles. The van der Waals surface area contributed by atoms with Crippen molar-refractivity contribution in [2.75, 3.05) is 12.3 Å². The maximum atomic E-state index is 11.8. The van der Waals surface area contributed by atoms with Crippen molar-refractivity contribution in [2.45, 2.75) is 6.42 Å². The number of nitrogens with two attached hydrogens (primary N) is 1. The maximum Gasteiger partial charge on any atom is 0.251 e. The fraction of sp³-hybridized carbons (Fsp3) is 0.167. The third kappa shape index (κ3) is 3.45. The predicted octanol–water partition coefficient (Wildman–Crippen LogP) is 2.35. The molecule has 94 valence electrons. The number of nitrogens with zero attached hydrogens (tertiary/aromatic N) is 1. The monoisotopic (exact) mass is 281 g/mol. The molecule has 18 heavy (non-hydrogen) atoms. The molecule has 3 N–H and O–H groups in total. The summed E-state index contributed by atoms with van der Waals surface area (Å²) in [6, 6.07) is 6.77. The van der Waals surface area contributed by atoms with E-state index in [0.29, 0.717) is 28.7 Å². The van der Waals surface area contributed by atoms with Crippen LogP contribution in [0.25, 0.3) is 0 Å². The van der Waals surface area contributed by atoms with Gasteiger partial charge in [-0.2, -0.15) is 0 Å². The molecule has 0 spiro atoms. The first-order valence-corrected chi connectivity index (χ1v) is 6.64. The second kappa shape index (κ2) is 5.84. The molecule has 2 aromatic rings. The summed E-state index contributed by atoms with van der Waals surface area (Å²) in [5, 5.41) is 5.88. The molecule has 0 fully saturated rings. The number of hydrogen-bond donors (Lipinski definition) is 2. The van der Waals surface area contributed by atoms with E-state index in [9.17, 15) is 4.79 Å². The molecule has 1 heterocycles. The van der Waals surface area contributed by atoms with Crippen LogP contribution in [0.1, 0.15) is 16.1 Å². The summed E-state index contributed by atoms with van der Waals surface area (Å²) >= 11 is 7.15. The van der Waals surface area contributed by atoms with Crippen molar-refractivity contribution in [3.8, 4) is 0 Å². The highest BCUT2D eigenvalue weighted by molar-refractivity contribution is 7.13. The van der Waals surface area contributed by atoms with Crippen LogP contribution in [-0.4, -0.2) is 17.4 Å². The van der Waals surface area contributed by atoms with Crippen molar-refractivity contribution < 1.29 is 4.79 Å². The fourth-order valence-corrected chi connectivity index (χ4v) is 2.17. The molecule has 0 aliphatic heterocycles. The Kier molecular flexibility index (Phi) is 4.17. The van der Waals surface area contributed by atoms with Gasteiger partial charge in [-0.05, 0) is 24.3 Å². The van der Waals surface area contributed by atoms with Gasteiger partial charge in [0.25, 0.3) is 5.91 Å². The molecular weight excluding hydrogens is 270 g/mol. The molecule has 0 aliphatic rings. The number of halogens is 1. The molecule has 0 atom stereocenters. The van der Waals surface area contributed by atoms with E-state index in [-0.39, 0.29) is 5.91 Å². The van der Waals surface area contributed by atoms with E-state index in [1.807, 2.05) is 5.38 Å². The summed E-state index contributed by atoms with van der Waals surface area (Å²) < 4.78 is 0. The van der Waals surface area contributed by atoms with Gasteiger partial charge in [-0.25, -0.2) is 4.98 Å². The van der Waals surface area contributed by atoms with E-state index >= 15 is 0 Å². The largest absolute Gasteiger partial charge is 0.375 e. The molecule has 1 aromatic heterocycles. The van der Waals surface area contributed by atoms with Gasteiger partial charge in [0.15, 0.2) is 5.13 Å². The second-order valence-corrected chi connectivity index (χ2v) is 5.02. The first-order valence-electron chi connectivity index (χ1n) is 5.39. The van der Waals surface area contributed by atoms with Gasteiger partial charge in [-0.15, -0.1) is 11.3 Å². The third-order valence-corrected chi connectivity index (χ3v) is 3.32. The predicted molar refractivity (Wildman–Crippen MR) is 74.0 cm³/mol. The third-order valence-electron chi connectivity index (χ3n) is 2.34. The zero-order chi connectivity index (χ0) is 13.0. The Labute approximate surface area is 114 Å². The Morgan fingerprint density at radius 3 is 2.72 bits per heavy atom. The zero-order valence-electron chi connectivity index (χ0n) is 9.52. The molecule has 1 amide bonds. The smallest absolute Gasteiger partial charge is 0.251 e. The number of aromatic nitrogens is 1. The van der Waals surface area contributed by atoms with E-state index in [2.05, 4.69) is 10.3 Å². The van der Waals surface area contributed by atoms with Crippen LogP contribution in [0, 0.1) is 0 Å². The lowest BCUT2D eigenvalue weighted by atomic mass is 10.2. The molecule has 0 bridgehead atoms. The Hall–Kier alpha value is -1.59. The van der Waals surface area contributed by atoms with Gasteiger partial charge in [-0.1, -0.05) is 11.6 Å². The normalized spacial score (nSPS) is 10.3. The first kappa shape index (κ1) is 12.9. The highest BCUT2D eigenvalue weighted by Crippen LogP contribution is 2.11. The minimum Gasteiger partial charge on any atom is -0.375 e. The number of nitrogen functional groups attached to an aromatic ring is 1. The number of carbonyl (C=O) groups excluding carboxylic acids is 1. The van der Waals surface area contributed by atoms with Crippen molar-refractivity contribution in [2.24, 2.45) is 0 Å². The van der Waals surface area contributed by atoms with Crippen LogP contribution in [0.15, 0.2) is 29.6 Å². The number of nitrogens with one attached hydrogen (secondary N) is 1. The van der Waals surface area contributed by atoms with Crippen molar-refractivity contribution in [3.63, 3.8) is 0 Å². The van der Waals surface area contributed by atoms with Crippen LogP contribution in [0.2, 0.25) is 5.02 Å². The topological polar surface area (TPSA) is 68.0 Å². The Balaban J connectivity index is 1.83. The first-order chi connectivity index (χ1) is 8.65. The summed E-state index contributed by atoms with van der Waals surface area (Å²) in [6.45, 7) is 0.532. The number of thiazole rings is 1. The molecule has 2 rings (SSSR count). The fourth-order valence-electron chi connectivity index (χ4n) is 1.44. The van der Waals surface area contributed by atoms with Crippen molar-refractivity contribution in [3.05, 3.63) is 45.9 Å². The van der Waals surface area contributed by atoms with Gasteiger partial charge in [0.2, 0.25) is 0 Å². The Morgan fingerprint density at radius 1 is 1.39 bits per heavy atom. The summed E-state index contributed by atoms with van der Waals surface area (Å²) in [5.74, 6) is -0.116. The Bertz CT molecular complexity index is 539. The van der Waals surface area contributed by atoms with E-state index < -0.39 is 0 Å². The highest BCUT2D eigenvalue weighted by atomic mass is 35.5. The molecule has 0 saturated carbocycles. The molecule has 4 nitrogen and oxygen atoms in total. The lowest BCUT2D eigenvalue weighted by molar-refractivity contribution is 0.0954. The van der Waals surface area contributed by atoms with Gasteiger partial charge in [-0.3, -0.25) is 4.79 Å². The number of benzene rings is 1. The minimum absolute atomic E-state index is 0.116. The number of hydrogen-bond acceptors (Lipinski definition) is 4. The SMILES string of the molecule is Nc1nc(CCNC(=O)c2ccc(Cl)cc2)cs1. The summed E-state index contributed by atoms with van der Waals surface area (Å²) in [4.78, 5) is 15.9. The number of anilines is 1. The zero-order valence-corrected chi connectivity index (χ0v) is 11.1. The van der Waals surface area contributed by atoms with Crippen molar-refractivity contribution >= 4 is 34.0 Å². The Morgan fingerprint density at radius 2 is 2.11 bits per heavy atom. The maximum absolute atomic E-state index is 11.8. The summed E-state index contributed by atoms with van der Waals surface area (Å²) in [5.41, 5.74) is 7.01. The van der Waals surface area contributed by atoms with Crippen LogP contribution < -0.4 is 11.1 Å². The van der Waals surface area contributed by atoms with E-state index in [1.165, 1.54) is 11.3 Å². The summed E-state index contributed by atoms with van der Waals surface area (Å²) in [7, 11) is 0. The van der Waals surface area contributed by atoms with Gasteiger partial charge in [0.1, 0.15) is 0 Å². The molecule has 0 radical (unpaired) electrons. The molecule has 1 aromatic carbocycles. The van der Waals surface area contributed by atoms with Crippen LogP contribution in [-0.2, 0) is 6.42 Å². The van der Waals surface area contributed by atoms with E-state index in [1.54, 1.807) is 24.3 Å². The molecular formula is C12H12ClN3OS. The van der Waals surface area contributed by atoms with Crippen LogP contribution in [0.5, 0.6) is 0 Å². The summed E-state index contributed by atoms with van der Waals surface area (Å²) in [6.07, 6.45) is 0.674. The van der Waals surface area contributed by atoms with Crippen molar-refractivity contribution in [1.29, 1.82) is 0 Å². The number of amides is 1. The molecule has 6 heteroatoms. The van der Waals surface area contributed by atoms with Gasteiger partial charge < -0.3 is 11.1 Å². The van der Waals surface area contributed by atoms with E-state index in [4.69, 9.17) is 17.3 Å². The molecule has 0 saturated heterocycles. The van der Waals surface area contributed by atoms with E-state index in [0.717, 1.165) is 5.69 Å². The highest BCUT2D eigenvalue weighted by Gasteiger charge is 2.05. The van der Waals surface area contributed by atoms with Gasteiger partial charge in [0, 0.05) is 28.9 Å². The number of carbonyl (C=O) groups is 1. The quantitative estimate of drug-likeness (QED) is 0.904. The average molecular weight is 282 g/mol. The second-order valence-electron chi connectivity index (χ2n) is 3.69. The lowest BCUT2D eigenvalue weighted by Crippen LogP contribution is -2.25. The van der Waals surface area contributed by atoms with Crippen LogP contribution in [0.4, 0.5) is 5.13 Å². The standard InChI is InChI=1S/C12H12ClN3OS/c13-9-3-1-8(2-4-9)11(17)15-6-5-10-7-18-12(14)16-10/h1-4,7H,5-6H2,(H2,14,16)(H,15,17). The van der Waals surface area contributed by atoms with Gasteiger partial charge in [0.05, 0.1) is 5.69 Å². The van der Waals surface area contributed by atoms with Gasteiger partial charge >= 0.3 is 0 Å². The lowest BCUT2D eigenvalue weighted by Gasteiger charge is -2.03.